The smallest absolute Gasteiger partial charge is 0.312 e. The molecule has 6 nitrogen and oxygen atoms in total. The first-order valence-corrected chi connectivity index (χ1v) is 16.6. The van der Waals surface area contributed by atoms with Crippen molar-refractivity contribution in [2.75, 3.05) is 20.8 Å². The summed E-state index contributed by atoms with van der Waals surface area (Å²) in [6.07, 6.45) is 11.0. The molecule has 5 unspecified atom stereocenters. The average Bonchev–Trinajstić information content (AvgIpc) is 2.90. The highest BCUT2D eigenvalue weighted by atomic mass is 16.5. The molecule has 1 N–H and O–H groups in total. The van der Waals surface area contributed by atoms with Crippen LogP contribution in [-0.4, -0.2) is 44.5 Å². The molecule has 0 aromatic rings. The second kappa shape index (κ2) is 10.2. The van der Waals surface area contributed by atoms with Crippen molar-refractivity contribution in [2.45, 2.75) is 119 Å². The van der Waals surface area contributed by atoms with Crippen LogP contribution in [0.1, 0.15) is 113 Å². The molecular formula is C36H57NO5. The molecule has 0 spiro atoms. The van der Waals surface area contributed by atoms with E-state index in [1.54, 1.807) is 14.2 Å². The number of hydrogen-bond donors (Lipinski definition) is 1. The van der Waals surface area contributed by atoms with E-state index in [1.807, 2.05) is 6.92 Å². The van der Waals surface area contributed by atoms with Gasteiger partial charge in [0.05, 0.1) is 25.0 Å². The summed E-state index contributed by atoms with van der Waals surface area (Å²) in [7, 11) is 3.19. The molecule has 0 radical (unpaired) electrons. The highest BCUT2D eigenvalue weighted by Crippen LogP contribution is 2.75. The zero-order valence-corrected chi connectivity index (χ0v) is 28.1. The molecular weight excluding hydrogens is 526 g/mol. The Bertz CT molecular complexity index is 1170. The van der Waals surface area contributed by atoms with E-state index in [9.17, 15) is 14.4 Å². The molecule has 42 heavy (non-hydrogen) atoms. The van der Waals surface area contributed by atoms with E-state index in [1.165, 1.54) is 5.57 Å². The van der Waals surface area contributed by atoms with Crippen LogP contribution in [0.15, 0.2) is 11.6 Å². The van der Waals surface area contributed by atoms with Gasteiger partial charge in [-0.1, -0.05) is 60.1 Å². The first kappa shape index (κ1) is 31.7. The summed E-state index contributed by atoms with van der Waals surface area (Å²) in [6.45, 7) is 18.7. The number of carbonyl (C=O) groups is 3. The summed E-state index contributed by atoms with van der Waals surface area (Å²) >= 11 is 0. The van der Waals surface area contributed by atoms with Crippen molar-refractivity contribution in [3.8, 4) is 0 Å². The van der Waals surface area contributed by atoms with Crippen molar-refractivity contribution in [3.05, 3.63) is 11.6 Å². The van der Waals surface area contributed by atoms with Gasteiger partial charge < -0.3 is 14.8 Å². The summed E-state index contributed by atoms with van der Waals surface area (Å²) in [5, 5.41) is 3.08. The third-order valence-electron chi connectivity index (χ3n) is 14.1. The van der Waals surface area contributed by atoms with Crippen LogP contribution in [0.4, 0.5) is 0 Å². The van der Waals surface area contributed by atoms with Crippen LogP contribution < -0.4 is 5.32 Å². The lowest BCUT2D eigenvalue weighted by atomic mass is 9.33. The van der Waals surface area contributed by atoms with Crippen molar-refractivity contribution in [3.63, 3.8) is 0 Å². The molecule has 5 aliphatic rings. The second-order valence-corrected chi connectivity index (χ2v) is 17.1. The third-order valence-corrected chi connectivity index (χ3v) is 14.1. The lowest BCUT2D eigenvalue weighted by Gasteiger charge is -2.71. The summed E-state index contributed by atoms with van der Waals surface area (Å²) in [5.74, 6) is 0.101. The van der Waals surface area contributed by atoms with Crippen molar-refractivity contribution in [2.24, 2.45) is 56.2 Å². The lowest BCUT2D eigenvalue weighted by Crippen LogP contribution is -2.66. The van der Waals surface area contributed by atoms with Gasteiger partial charge in [-0.25, -0.2) is 0 Å². The summed E-state index contributed by atoms with van der Waals surface area (Å²) in [4.78, 5) is 41.1. The topological polar surface area (TPSA) is 81.7 Å². The minimum absolute atomic E-state index is 0.0157. The molecule has 0 aromatic heterocycles. The highest BCUT2D eigenvalue weighted by Gasteiger charge is 2.70. The van der Waals surface area contributed by atoms with Gasteiger partial charge in [0.1, 0.15) is 0 Å². The Balaban J connectivity index is 1.56. The molecule has 5 rings (SSSR count). The maximum absolute atomic E-state index is 14.0. The molecule has 0 heterocycles. The van der Waals surface area contributed by atoms with Crippen LogP contribution in [0.5, 0.6) is 0 Å². The van der Waals surface area contributed by atoms with Crippen molar-refractivity contribution in [1.82, 2.24) is 5.32 Å². The zero-order chi connectivity index (χ0) is 31.1. The largest absolute Gasteiger partial charge is 0.469 e. The molecule has 1 amide bonds. The lowest BCUT2D eigenvalue weighted by molar-refractivity contribution is -0.196. The van der Waals surface area contributed by atoms with Gasteiger partial charge in [0.2, 0.25) is 5.91 Å². The molecule has 236 valence electrons. The highest BCUT2D eigenvalue weighted by molar-refractivity contribution is 6.04. The fourth-order valence-electron chi connectivity index (χ4n) is 11.7. The van der Waals surface area contributed by atoms with Crippen molar-refractivity contribution < 1.29 is 23.9 Å². The normalized spacial score (nSPS) is 44.3. The number of Topliss-reactive ketones (excluding diaryl/α,β-unsaturated/α-hetero) is 1. The number of hydrogen-bond acceptors (Lipinski definition) is 5. The quantitative estimate of drug-likeness (QED) is 0.216. The molecule has 0 saturated heterocycles. The second-order valence-electron chi connectivity index (χ2n) is 17.1. The Morgan fingerprint density at radius 2 is 1.62 bits per heavy atom. The van der Waals surface area contributed by atoms with Gasteiger partial charge in [0.25, 0.3) is 0 Å². The predicted octanol–water partition coefficient (Wildman–Crippen LogP) is 6.91. The van der Waals surface area contributed by atoms with Crippen LogP contribution >= 0.6 is 0 Å². The zero-order valence-electron chi connectivity index (χ0n) is 28.1. The van der Waals surface area contributed by atoms with E-state index in [0.29, 0.717) is 18.9 Å². The Labute approximate surface area is 254 Å². The van der Waals surface area contributed by atoms with Crippen molar-refractivity contribution >= 4 is 17.7 Å². The minimum Gasteiger partial charge on any atom is -0.469 e. The number of fused-ring (bicyclic) bond motifs is 7. The van der Waals surface area contributed by atoms with E-state index in [0.717, 1.165) is 51.4 Å². The van der Waals surface area contributed by atoms with Gasteiger partial charge in [-0.15, -0.1) is 0 Å². The maximum atomic E-state index is 14.0. The standard InChI is InChI=1S/C36H57NO5/c1-22(21-41-9)37-29(39)23-19-33(6)26(32(4,5)28(23)38)13-14-35(8)27(33)12-11-24-25-20-31(2,3)15-17-36(25,30(40)42-10)18-16-34(24,35)7/h11,22-23,25-27H,12-21H2,1-10H3,(H,37,39)/t22?,23?,25?,26?,27?,33-,34+,35+,36-/m0/s1. The molecule has 4 fully saturated rings. The van der Waals surface area contributed by atoms with Gasteiger partial charge in [-0.05, 0) is 104 Å². The van der Waals surface area contributed by atoms with E-state index in [4.69, 9.17) is 9.47 Å². The Kier molecular flexibility index (Phi) is 7.68. The molecule has 6 heteroatoms. The first-order valence-electron chi connectivity index (χ1n) is 16.6. The van der Waals surface area contributed by atoms with Crippen LogP contribution in [-0.2, 0) is 23.9 Å². The van der Waals surface area contributed by atoms with E-state index >= 15 is 0 Å². The van der Waals surface area contributed by atoms with Gasteiger partial charge in [-0.2, -0.15) is 0 Å². The molecule has 5 aliphatic carbocycles. The van der Waals surface area contributed by atoms with Crippen LogP contribution in [0.25, 0.3) is 0 Å². The molecule has 0 bridgehead atoms. The van der Waals surface area contributed by atoms with Crippen molar-refractivity contribution in [1.29, 1.82) is 0 Å². The fraction of sp³-hybridized carbons (Fsp3) is 0.861. The Hall–Kier alpha value is -1.69. The van der Waals surface area contributed by atoms with Gasteiger partial charge in [-0.3, -0.25) is 14.4 Å². The molecule has 0 aromatic carbocycles. The number of carbonyl (C=O) groups excluding carboxylic acids is 3. The maximum Gasteiger partial charge on any atom is 0.312 e. The number of ketones is 1. The Morgan fingerprint density at radius 1 is 0.952 bits per heavy atom. The molecule has 9 atom stereocenters. The summed E-state index contributed by atoms with van der Waals surface area (Å²) in [6, 6.07) is -0.142. The van der Waals surface area contributed by atoms with Crippen LogP contribution in [0.3, 0.4) is 0 Å². The monoisotopic (exact) mass is 583 g/mol. The predicted molar refractivity (Wildman–Crippen MR) is 164 cm³/mol. The third kappa shape index (κ3) is 4.30. The Morgan fingerprint density at radius 3 is 2.26 bits per heavy atom. The number of ether oxygens (including phenoxy) is 2. The SMILES string of the molecule is COCC(C)NC(=O)C1C[C@@]2(C)C(CC[C@]3(C)C2CC=C2C4CC(C)(C)CC[C@]4(C(=O)OC)CC[C@]23C)C(C)(C)C1=O. The number of amides is 1. The average molecular weight is 584 g/mol. The number of allylic oxidation sites excluding steroid dienone is 2. The van der Waals surface area contributed by atoms with E-state index in [2.05, 4.69) is 59.9 Å². The molecule has 4 saturated carbocycles. The number of esters is 1. The fourth-order valence-corrected chi connectivity index (χ4v) is 11.7. The van der Waals surface area contributed by atoms with Gasteiger partial charge >= 0.3 is 5.97 Å². The minimum atomic E-state index is -0.640. The number of nitrogens with one attached hydrogen (secondary N) is 1. The van der Waals surface area contributed by atoms with Gasteiger partial charge in [0.15, 0.2) is 5.78 Å². The first-order chi connectivity index (χ1) is 19.4. The van der Waals surface area contributed by atoms with E-state index in [-0.39, 0.29) is 57.2 Å². The van der Waals surface area contributed by atoms with Crippen LogP contribution in [0, 0.1) is 56.2 Å². The van der Waals surface area contributed by atoms with Gasteiger partial charge in [0, 0.05) is 18.6 Å². The van der Waals surface area contributed by atoms with E-state index < -0.39 is 16.7 Å². The number of rotatable bonds is 5. The number of methoxy groups -OCH3 is 2. The summed E-state index contributed by atoms with van der Waals surface area (Å²) in [5.41, 5.74) is 0.554. The van der Waals surface area contributed by atoms with Crippen LogP contribution in [0.2, 0.25) is 0 Å². The summed E-state index contributed by atoms with van der Waals surface area (Å²) < 4.78 is 10.8. The molecule has 0 aliphatic heterocycles.